The van der Waals surface area contributed by atoms with E-state index in [9.17, 15) is 18.0 Å². The van der Waals surface area contributed by atoms with Crippen molar-refractivity contribution >= 4 is 34.3 Å². The third-order valence-electron chi connectivity index (χ3n) is 2.21. The third kappa shape index (κ3) is 3.22. The first-order chi connectivity index (χ1) is 8.97. The fourth-order valence-electron chi connectivity index (χ4n) is 1.32. The smallest absolute Gasteiger partial charge is 0.257 e. The molecule has 0 saturated heterocycles. The molecule has 3 nitrogen and oxygen atoms in total. The number of anilines is 1. The van der Waals surface area contributed by atoms with Gasteiger partial charge in [0.05, 0.1) is 0 Å². The Kier molecular flexibility index (Phi) is 4.03. The molecule has 0 atom stereocenters. The fraction of sp³-hybridized carbons (Fsp3) is 0. The van der Waals surface area contributed by atoms with Gasteiger partial charge < -0.3 is 5.32 Å². The van der Waals surface area contributed by atoms with Gasteiger partial charge in [-0.1, -0.05) is 0 Å². The van der Waals surface area contributed by atoms with Crippen molar-refractivity contribution in [1.82, 2.24) is 4.98 Å². The summed E-state index contributed by atoms with van der Waals surface area (Å²) in [5, 5.41) is 2.35. The van der Waals surface area contributed by atoms with E-state index in [1.165, 1.54) is 12.3 Å². The zero-order chi connectivity index (χ0) is 14.0. The summed E-state index contributed by atoms with van der Waals surface area (Å²) < 4.78 is 39.6. The van der Waals surface area contributed by atoms with E-state index >= 15 is 0 Å². The number of benzene rings is 1. The lowest BCUT2D eigenvalue weighted by atomic mass is 10.2. The molecule has 0 radical (unpaired) electrons. The lowest BCUT2D eigenvalue weighted by Crippen LogP contribution is -2.14. The van der Waals surface area contributed by atoms with Crippen molar-refractivity contribution in [1.29, 1.82) is 0 Å². The van der Waals surface area contributed by atoms with Crippen molar-refractivity contribution in [2.75, 3.05) is 5.32 Å². The van der Waals surface area contributed by atoms with Gasteiger partial charge in [0.2, 0.25) is 0 Å². The average molecular weight is 378 g/mol. The van der Waals surface area contributed by atoms with Crippen LogP contribution < -0.4 is 5.32 Å². The van der Waals surface area contributed by atoms with Crippen LogP contribution in [0.2, 0.25) is 0 Å². The van der Waals surface area contributed by atoms with Crippen LogP contribution in [0.4, 0.5) is 19.0 Å². The van der Waals surface area contributed by atoms with E-state index in [1.54, 1.807) is 6.07 Å². The number of hydrogen-bond acceptors (Lipinski definition) is 2. The maximum absolute atomic E-state index is 13.0. The highest BCUT2D eigenvalue weighted by Gasteiger charge is 2.15. The number of carbonyl (C=O) groups excluding carboxylic acids is 1. The van der Waals surface area contributed by atoms with Crippen molar-refractivity contribution in [2.45, 2.75) is 0 Å². The Morgan fingerprint density at radius 3 is 2.32 bits per heavy atom. The highest BCUT2D eigenvalue weighted by atomic mass is 127. The van der Waals surface area contributed by atoms with Gasteiger partial charge in [0.1, 0.15) is 5.82 Å². The standard InChI is InChI=1S/C12H6F3IN2O/c13-8-3-6(4-9(14)11(8)15)12(19)18-10-2-1-7(16)5-17-10/h1-5H,(H,17,18,19). The number of rotatable bonds is 2. The number of nitrogens with one attached hydrogen (secondary N) is 1. The van der Waals surface area contributed by atoms with Crippen LogP contribution in [0.1, 0.15) is 10.4 Å². The van der Waals surface area contributed by atoms with Crippen LogP contribution in [-0.4, -0.2) is 10.9 Å². The molecule has 0 aliphatic heterocycles. The molecule has 1 N–H and O–H groups in total. The predicted molar refractivity (Wildman–Crippen MR) is 71.2 cm³/mol. The summed E-state index contributed by atoms with van der Waals surface area (Å²) in [5.41, 5.74) is -0.322. The lowest BCUT2D eigenvalue weighted by molar-refractivity contribution is 0.102. The largest absolute Gasteiger partial charge is 0.307 e. The van der Waals surface area contributed by atoms with Gasteiger partial charge in [0.25, 0.3) is 5.91 Å². The minimum Gasteiger partial charge on any atom is -0.307 e. The summed E-state index contributed by atoms with van der Waals surface area (Å²) >= 11 is 2.04. The maximum atomic E-state index is 13.0. The zero-order valence-electron chi connectivity index (χ0n) is 9.25. The van der Waals surface area contributed by atoms with Gasteiger partial charge in [-0.3, -0.25) is 4.79 Å². The second-order valence-electron chi connectivity index (χ2n) is 3.57. The third-order valence-corrected chi connectivity index (χ3v) is 2.85. The van der Waals surface area contributed by atoms with Crippen LogP contribution in [0.15, 0.2) is 30.5 Å². The Labute approximate surface area is 120 Å². The van der Waals surface area contributed by atoms with Crippen LogP contribution in [0.25, 0.3) is 0 Å². The van der Waals surface area contributed by atoms with Crippen molar-refractivity contribution in [2.24, 2.45) is 0 Å². The normalized spacial score (nSPS) is 10.3. The quantitative estimate of drug-likeness (QED) is 0.644. The Morgan fingerprint density at radius 1 is 1.16 bits per heavy atom. The van der Waals surface area contributed by atoms with Crippen LogP contribution >= 0.6 is 22.6 Å². The van der Waals surface area contributed by atoms with Crippen LogP contribution in [0.3, 0.4) is 0 Å². The van der Waals surface area contributed by atoms with Crippen LogP contribution in [-0.2, 0) is 0 Å². The molecule has 1 heterocycles. The minimum atomic E-state index is -1.61. The lowest BCUT2D eigenvalue weighted by Gasteiger charge is -2.05. The molecule has 0 bridgehead atoms. The van der Waals surface area contributed by atoms with E-state index in [4.69, 9.17) is 0 Å². The number of carbonyl (C=O) groups is 1. The average Bonchev–Trinajstić information content (AvgIpc) is 2.38. The molecule has 0 aliphatic carbocycles. The molecule has 98 valence electrons. The van der Waals surface area contributed by atoms with Gasteiger partial charge in [-0.25, -0.2) is 18.2 Å². The summed E-state index contributed by atoms with van der Waals surface area (Å²) in [4.78, 5) is 15.6. The summed E-state index contributed by atoms with van der Waals surface area (Å²) in [6.07, 6.45) is 1.52. The molecule has 2 aromatic rings. The van der Waals surface area contributed by atoms with Gasteiger partial charge in [0.15, 0.2) is 17.5 Å². The molecule has 2 rings (SSSR count). The molecule has 0 fully saturated rings. The topological polar surface area (TPSA) is 42.0 Å². The van der Waals surface area contributed by atoms with Gasteiger partial charge >= 0.3 is 0 Å². The first-order valence-corrected chi connectivity index (χ1v) is 6.12. The number of amides is 1. The molecule has 1 amide bonds. The summed E-state index contributed by atoms with van der Waals surface area (Å²) in [6, 6.07) is 4.49. The van der Waals surface area contributed by atoms with E-state index in [0.717, 1.165) is 3.57 Å². The first kappa shape index (κ1) is 13.8. The summed E-state index contributed by atoms with van der Waals surface area (Å²) in [6.45, 7) is 0. The monoisotopic (exact) mass is 378 g/mol. The molecule has 19 heavy (non-hydrogen) atoms. The van der Waals surface area contributed by atoms with Crippen molar-refractivity contribution in [3.8, 4) is 0 Å². The highest BCUT2D eigenvalue weighted by molar-refractivity contribution is 14.1. The predicted octanol–water partition coefficient (Wildman–Crippen LogP) is 3.36. The minimum absolute atomic E-state index is 0.232. The molecule has 0 saturated carbocycles. The van der Waals surface area contributed by atoms with E-state index in [-0.39, 0.29) is 11.4 Å². The second-order valence-corrected chi connectivity index (χ2v) is 4.82. The highest BCUT2D eigenvalue weighted by Crippen LogP contribution is 2.15. The Morgan fingerprint density at radius 2 is 1.79 bits per heavy atom. The Hall–Kier alpha value is -1.64. The fourth-order valence-corrected chi connectivity index (χ4v) is 1.64. The number of nitrogens with zero attached hydrogens (tertiary/aromatic N) is 1. The Balaban J connectivity index is 2.23. The van der Waals surface area contributed by atoms with Gasteiger partial charge in [-0.05, 0) is 46.9 Å². The van der Waals surface area contributed by atoms with Crippen molar-refractivity contribution < 1.29 is 18.0 Å². The molecule has 0 spiro atoms. The van der Waals surface area contributed by atoms with Crippen molar-refractivity contribution in [3.63, 3.8) is 0 Å². The molecule has 1 aromatic heterocycles. The summed E-state index contributed by atoms with van der Waals surface area (Å²) in [5.74, 6) is -4.98. The molecule has 1 aromatic carbocycles. The molecule has 7 heteroatoms. The SMILES string of the molecule is O=C(Nc1ccc(I)cn1)c1cc(F)c(F)c(F)c1. The van der Waals surface area contributed by atoms with Gasteiger partial charge in [-0.2, -0.15) is 0 Å². The molecular formula is C12H6F3IN2O. The van der Waals surface area contributed by atoms with Crippen LogP contribution in [0, 0.1) is 21.0 Å². The summed E-state index contributed by atoms with van der Waals surface area (Å²) in [7, 11) is 0. The zero-order valence-corrected chi connectivity index (χ0v) is 11.4. The number of pyridine rings is 1. The van der Waals surface area contributed by atoms with Crippen LogP contribution in [0.5, 0.6) is 0 Å². The van der Waals surface area contributed by atoms with E-state index < -0.39 is 23.4 Å². The number of hydrogen-bond donors (Lipinski definition) is 1. The number of halogens is 4. The first-order valence-electron chi connectivity index (χ1n) is 5.05. The second kappa shape index (κ2) is 5.55. The molecule has 0 aliphatic rings. The van der Waals surface area contributed by atoms with E-state index in [1.807, 2.05) is 22.6 Å². The van der Waals surface area contributed by atoms with E-state index in [2.05, 4.69) is 10.3 Å². The number of aromatic nitrogens is 1. The molecular weight excluding hydrogens is 372 g/mol. The van der Waals surface area contributed by atoms with E-state index in [0.29, 0.717) is 12.1 Å². The Bertz CT molecular complexity index is 608. The van der Waals surface area contributed by atoms with Gasteiger partial charge in [0, 0.05) is 15.3 Å². The van der Waals surface area contributed by atoms with Gasteiger partial charge in [-0.15, -0.1) is 0 Å². The maximum Gasteiger partial charge on any atom is 0.257 e. The van der Waals surface area contributed by atoms with Crippen molar-refractivity contribution in [3.05, 3.63) is 57.0 Å². The molecule has 0 unspecified atom stereocenters.